The molecular formula is C17H25N3. The van der Waals surface area contributed by atoms with E-state index in [9.17, 15) is 0 Å². The van der Waals surface area contributed by atoms with E-state index in [0.29, 0.717) is 6.04 Å². The first-order valence-corrected chi connectivity index (χ1v) is 7.47. The number of nitrogens with one attached hydrogen (secondary N) is 1. The van der Waals surface area contributed by atoms with Crippen molar-refractivity contribution >= 4 is 0 Å². The van der Waals surface area contributed by atoms with Gasteiger partial charge >= 0.3 is 0 Å². The lowest BCUT2D eigenvalue weighted by Gasteiger charge is -2.19. The fourth-order valence-corrected chi connectivity index (χ4v) is 2.50. The van der Waals surface area contributed by atoms with Crippen LogP contribution >= 0.6 is 0 Å². The Morgan fingerprint density at radius 1 is 1.35 bits per heavy atom. The number of hydrogen-bond donors (Lipinski definition) is 1. The molecule has 2 aromatic rings. The fraction of sp³-hybridized carbons (Fsp3) is 0.471. The predicted molar refractivity (Wildman–Crippen MR) is 83.7 cm³/mol. The third-order valence-electron chi connectivity index (χ3n) is 3.66. The first-order valence-electron chi connectivity index (χ1n) is 7.47. The molecule has 0 spiro atoms. The summed E-state index contributed by atoms with van der Waals surface area (Å²) in [5.41, 5.74) is 2.70. The van der Waals surface area contributed by atoms with E-state index in [1.54, 1.807) is 0 Å². The Balaban J connectivity index is 2.05. The van der Waals surface area contributed by atoms with Crippen molar-refractivity contribution in [1.29, 1.82) is 0 Å². The predicted octanol–water partition coefficient (Wildman–Crippen LogP) is 3.40. The van der Waals surface area contributed by atoms with Crippen LogP contribution in [-0.4, -0.2) is 16.1 Å². The summed E-state index contributed by atoms with van der Waals surface area (Å²) >= 11 is 0. The Morgan fingerprint density at radius 2 is 2.20 bits per heavy atom. The van der Waals surface area contributed by atoms with E-state index >= 15 is 0 Å². The van der Waals surface area contributed by atoms with Gasteiger partial charge in [0.1, 0.15) is 5.82 Å². The third kappa shape index (κ3) is 3.94. The SMILES string of the molecule is CCCNC(CCc1nccn1C)c1cccc(C)c1. The Morgan fingerprint density at radius 3 is 2.85 bits per heavy atom. The van der Waals surface area contributed by atoms with Crippen LogP contribution in [0.5, 0.6) is 0 Å². The molecule has 0 amide bonds. The second kappa shape index (κ2) is 7.25. The molecule has 1 aromatic heterocycles. The van der Waals surface area contributed by atoms with Gasteiger partial charge in [-0.3, -0.25) is 0 Å². The first kappa shape index (κ1) is 14.8. The van der Waals surface area contributed by atoms with Crippen LogP contribution in [0, 0.1) is 6.92 Å². The largest absolute Gasteiger partial charge is 0.338 e. The highest BCUT2D eigenvalue weighted by atomic mass is 15.0. The van der Waals surface area contributed by atoms with Crippen LogP contribution < -0.4 is 5.32 Å². The van der Waals surface area contributed by atoms with Crippen molar-refractivity contribution in [3.05, 3.63) is 53.6 Å². The van der Waals surface area contributed by atoms with Gasteiger partial charge in [-0.05, 0) is 31.9 Å². The smallest absolute Gasteiger partial charge is 0.108 e. The maximum absolute atomic E-state index is 4.41. The highest BCUT2D eigenvalue weighted by molar-refractivity contribution is 5.25. The summed E-state index contributed by atoms with van der Waals surface area (Å²) in [6, 6.07) is 9.21. The fourth-order valence-electron chi connectivity index (χ4n) is 2.50. The zero-order valence-corrected chi connectivity index (χ0v) is 12.8. The van der Waals surface area contributed by atoms with Crippen LogP contribution in [0.4, 0.5) is 0 Å². The van der Waals surface area contributed by atoms with E-state index < -0.39 is 0 Å². The van der Waals surface area contributed by atoms with Crippen LogP contribution in [0.1, 0.15) is 42.8 Å². The highest BCUT2D eigenvalue weighted by Gasteiger charge is 2.12. The summed E-state index contributed by atoms with van der Waals surface area (Å²) in [6.45, 7) is 5.41. The number of rotatable bonds is 7. The van der Waals surface area contributed by atoms with E-state index in [0.717, 1.165) is 31.6 Å². The lowest BCUT2D eigenvalue weighted by molar-refractivity contribution is 0.491. The lowest BCUT2D eigenvalue weighted by atomic mass is 10.00. The van der Waals surface area contributed by atoms with Gasteiger partial charge in [0, 0.05) is 31.9 Å². The van der Waals surface area contributed by atoms with Gasteiger partial charge in [-0.1, -0.05) is 36.8 Å². The highest BCUT2D eigenvalue weighted by Crippen LogP contribution is 2.20. The lowest BCUT2D eigenvalue weighted by Crippen LogP contribution is -2.23. The van der Waals surface area contributed by atoms with Crippen molar-refractivity contribution in [2.45, 2.75) is 39.2 Å². The molecule has 1 aromatic carbocycles. The number of imidazole rings is 1. The van der Waals surface area contributed by atoms with Crippen LogP contribution in [-0.2, 0) is 13.5 Å². The molecule has 20 heavy (non-hydrogen) atoms. The van der Waals surface area contributed by atoms with Crippen LogP contribution in [0.2, 0.25) is 0 Å². The van der Waals surface area contributed by atoms with E-state index in [1.165, 1.54) is 11.1 Å². The van der Waals surface area contributed by atoms with Crippen LogP contribution in [0.3, 0.4) is 0 Å². The van der Waals surface area contributed by atoms with Gasteiger partial charge in [0.05, 0.1) is 0 Å². The summed E-state index contributed by atoms with van der Waals surface area (Å²) in [7, 11) is 2.06. The van der Waals surface area contributed by atoms with Crippen LogP contribution in [0.15, 0.2) is 36.7 Å². The summed E-state index contributed by atoms with van der Waals surface area (Å²) < 4.78 is 2.10. The molecule has 0 saturated heterocycles. The third-order valence-corrected chi connectivity index (χ3v) is 3.66. The van der Waals surface area contributed by atoms with Crippen molar-refractivity contribution in [1.82, 2.24) is 14.9 Å². The molecule has 2 rings (SSSR count). The average Bonchev–Trinajstić information content (AvgIpc) is 2.84. The van der Waals surface area contributed by atoms with Crippen molar-refractivity contribution < 1.29 is 0 Å². The van der Waals surface area contributed by atoms with E-state index in [4.69, 9.17) is 0 Å². The molecule has 0 radical (unpaired) electrons. The summed E-state index contributed by atoms with van der Waals surface area (Å²) in [4.78, 5) is 4.41. The molecule has 0 bridgehead atoms. The van der Waals surface area contributed by atoms with Crippen molar-refractivity contribution in [3.63, 3.8) is 0 Å². The summed E-state index contributed by atoms with van der Waals surface area (Å²) in [6.07, 6.45) is 7.12. The quantitative estimate of drug-likeness (QED) is 0.836. The van der Waals surface area contributed by atoms with Crippen LogP contribution in [0.25, 0.3) is 0 Å². The molecule has 0 fully saturated rings. The van der Waals surface area contributed by atoms with Gasteiger partial charge in [-0.15, -0.1) is 0 Å². The average molecular weight is 271 g/mol. The molecule has 1 heterocycles. The molecule has 0 aliphatic carbocycles. The Hall–Kier alpha value is -1.61. The Kier molecular flexibility index (Phi) is 5.36. The number of hydrogen-bond acceptors (Lipinski definition) is 2. The molecular weight excluding hydrogens is 246 g/mol. The second-order valence-corrected chi connectivity index (χ2v) is 5.41. The van der Waals surface area contributed by atoms with Gasteiger partial charge in [-0.25, -0.2) is 4.98 Å². The van der Waals surface area contributed by atoms with Crippen molar-refractivity contribution in [3.8, 4) is 0 Å². The molecule has 1 atom stereocenters. The topological polar surface area (TPSA) is 29.9 Å². The van der Waals surface area contributed by atoms with Gasteiger partial charge < -0.3 is 9.88 Å². The minimum Gasteiger partial charge on any atom is -0.338 e. The zero-order valence-electron chi connectivity index (χ0n) is 12.8. The van der Waals surface area contributed by atoms with Gasteiger partial charge in [0.25, 0.3) is 0 Å². The Bertz CT molecular complexity index is 531. The number of nitrogens with zero attached hydrogens (tertiary/aromatic N) is 2. The Labute approximate surface area is 122 Å². The second-order valence-electron chi connectivity index (χ2n) is 5.41. The van der Waals surface area contributed by atoms with Gasteiger partial charge in [0.2, 0.25) is 0 Å². The van der Waals surface area contributed by atoms with Gasteiger partial charge in [0.15, 0.2) is 0 Å². The molecule has 1 N–H and O–H groups in total. The number of aryl methyl sites for hydroxylation is 3. The molecule has 0 aliphatic heterocycles. The molecule has 0 saturated carbocycles. The monoisotopic (exact) mass is 271 g/mol. The zero-order chi connectivity index (χ0) is 14.4. The molecule has 108 valence electrons. The molecule has 0 aliphatic rings. The minimum atomic E-state index is 0.409. The summed E-state index contributed by atoms with van der Waals surface area (Å²) in [5, 5.41) is 3.66. The first-order chi connectivity index (χ1) is 9.70. The maximum atomic E-state index is 4.41. The summed E-state index contributed by atoms with van der Waals surface area (Å²) in [5.74, 6) is 1.15. The maximum Gasteiger partial charge on any atom is 0.108 e. The normalized spacial score (nSPS) is 12.6. The minimum absolute atomic E-state index is 0.409. The standard InChI is InChI=1S/C17H25N3/c1-4-10-18-16(15-7-5-6-14(2)13-15)8-9-17-19-11-12-20(17)3/h5-7,11-13,16,18H,4,8-10H2,1-3H3. The number of aromatic nitrogens is 2. The molecule has 3 nitrogen and oxygen atoms in total. The van der Waals surface area contributed by atoms with Gasteiger partial charge in [-0.2, -0.15) is 0 Å². The van der Waals surface area contributed by atoms with Crippen molar-refractivity contribution in [2.75, 3.05) is 6.54 Å². The van der Waals surface area contributed by atoms with E-state index in [2.05, 4.69) is 60.0 Å². The van der Waals surface area contributed by atoms with Crippen molar-refractivity contribution in [2.24, 2.45) is 7.05 Å². The molecule has 1 unspecified atom stereocenters. The molecule has 3 heteroatoms. The van der Waals surface area contributed by atoms with E-state index in [1.807, 2.05) is 12.4 Å². The van der Waals surface area contributed by atoms with E-state index in [-0.39, 0.29) is 0 Å². The number of benzene rings is 1.